The van der Waals surface area contributed by atoms with Gasteiger partial charge in [-0.3, -0.25) is 0 Å². The maximum Gasteiger partial charge on any atom is 0.454 e. The number of halogens is 17. The zero-order chi connectivity index (χ0) is 29.2. The fraction of sp³-hybridized carbons (Fsp3) is 1.00. The molecule has 7 atom stereocenters. The first-order chi connectivity index (χ1) is 16.1. The molecule has 28 heteroatoms. The molecule has 0 amide bonds. The Balaban J connectivity index is 7.79. The van der Waals surface area contributed by atoms with E-state index in [-0.39, 0.29) is 0 Å². The standard InChI is InChI=1S/C8HF17O10S/c9-1(28-19,3(11,30-21)5(13,32-23)7(15,16)34-25)2(10,29-20)4(12,31-22)6(14,33-24)8(17,18)35-36(26)27/h(H,26,27)/p-1. The molecule has 0 heterocycles. The predicted octanol–water partition coefficient (Wildman–Crippen LogP) is 4.29. The zero-order valence-corrected chi connectivity index (χ0v) is 15.7. The van der Waals surface area contributed by atoms with E-state index in [9.17, 15) is 84.3 Å². The van der Waals surface area contributed by atoms with Crippen LogP contribution in [0.2, 0.25) is 0 Å². The average Bonchev–Trinajstić information content (AvgIpc) is 2.83. The van der Waals surface area contributed by atoms with E-state index in [0.29, 0.717) is 0 Å². The van der Waals surface area contributed by atoms with Crippen molar-refractivity contribution in [3.05, 3.63) is 0 Å². The number of alkyl halides is 10. The van der Waals surface area contributed by atoms with Crippen LogP contribution in [0.3, 0.4) is 0 Å². The van der Waals surface area contributed by atoms with Crippen molar-refractivity contribution < 1.29 is 123 Å². The Hall–Kier alpha value is -1.40. The number of rotatable bonds is 16. The molecule has 10 nitrogen and oxygen atoms in total. The third kappa shape index (κ3) is 4.24. The Labute approximate surface area is 183 Å². The minimum absolute atomic E-state index is 1.10. The summed E-state index contributed by atoms with van der Waals surface area (Å²) in [6, 6.07) is 0. The van der Waals surface area contributed by atoms with Crippen molar-refractivity contribution in [2.45, 2.75) is 47.3 Å². The molecule has 0 aromatic heterocycles. The monoisotopic (exact) mass is 611 g/mol. The molecule has 0 aliphatic rings. The second kappa shape index (κ2) is 10.8. The summed E-state index contributed by atoms with van der Waals surface area (Å²) in [5, 5.41) is 0. The molecule has 0 N–H and O–H groups in total. The molecule has 0 fully saturated rings. The summed E-state index contributed by atoms with van der Waals surface area (Å²) in [5.74, 6) is -48.2. The lowest BCUT2D eigenvalue weighted by Gasteiger charge is -2.48. The highest BCUT2D eigenvalue weighted by molar-refractivity contribution is 7.74. The Kier molecular flexibility index (Phi) is 10.3. The molecule has 0 rings (SSSR count). The van der Waals surface area contributed by atoms with Gasteiger partial charge in [0.2, 0.25) is 0 Å². The molecule has 0 aliphatic carbocycles. The summed E-state index contributed by atoms with van der Waals surface area (Å²) in [7, 11) is 0. The lowest BCUT2D eigenvalue weighted by molar-refractivity contribution is -0.631. The zero-order valence-electron chi connectivity index (χ0n) is 14.9. The minimum Gasteiger partial charge on any atom is -0.750 e. The minimum atomic E-state index is -8.25. The Bertz CT molecular complexity index is 786. The van der Waals surface area contributed by atoms with Crippen molar-refractivity contribution in [1.29, 1.82) is 0 Å². The lowest BCUT2D eigenvalue weighted by Crippen LogP contribution is -2.82. The first kappa shape index (κ1) is 34.6. The first-order valence-electron chi connectivity index (χ1n) is 6.85. The third-order valence-corrected chi connectivity index (χ3v) is 4.07. The summed E-state index contributed by atoms with van der Waals surface area (Å²) >= 11 is -5.05. The van der Waals surface area contributed by atoms with Crippen LogP contribution in [0.1, 0.15) is 0 Å². The third-order valence-electron chi connectivity index (χ3n) is 3.72. The second-order valence-corrected chi connectivity index (χ2v) is 6.01. The van der Waals surface area contributed by atoms with E-state index in [1.165, 1.54) is 9.88 Å². The highest BCUT2D eigenvalue weighted by Crippen LogP contribution is 2.63. The maximum absolute atomic E-state index is 14.7. The molecule has 0 bridgehead atoms. The normalized spacial score (nSPS) is 24.4. The summed E-state index contributed by atoms with van der Waals surface area (Å²) in [4.78, 5) is 8.07. The van der Waals surface area contributed by atoms with Gasteiger partial charge in [0.25, 0.3) is 0 Å². The number of hydrogen-bond donors (Lipinski definition) is 0. The largest absolute Gasteiger partial charge is 0.750 e. The molecule has 36 heavy (non-hydrogen) atoms. The van der Waals surface area contributed by atoms with E-state index >= 15 is 0 Å². The highest BCUT2D eigenvalue weighted by atomic mass is 32.2. The quantitative estimate of drug-likeness (QED) is 0.185. The first-order valence-corrected chi connectivity index (χ1v) is 7.85. The van der Waals surface area contributed by atoms with Gasteiger partial charge in [0.15, 0.2) is 0 Å². The molecule has 0 aliphatic heterocycles. The fourth-order valence-corrected chi connectivity index (χ4v) is 2.25. The molecule has 0 saturated heterocycles. The summed E-state index contributed by atoms with van der Waals surface area (Å²) in [6.07, 6.45) is -14.8. The molecule has 0 saturated carbocycles. The number of hydrogen-bond acceptors (Lipinski definition) is 10. The van der Waals surface area contributed by atoms with Crippen molar-refractivity contribution in [1.82, 2.24) is 0 Å². The van der Waals surface area contributed by atoms with Crippen molar-refractivity contribution in [3.63, 3.8) is 0 Å². The van der Waals surface area contributed by atoms with Crippen LogP contribution in [0.25, 0.3) is 0 Å². The van der Waals surface area contributed by atoms with Gasteiger partial charge in [0.05, 0.1) is 11.4 Å². The van der Waals surface area contributed by atoms with Crippen LogP contribution < -0.4 is 0 Å². The molecule has 0 aromatic rings. The van der Waals surface area contributed by atoms with Gasteiger partial charge in [-0.15, -0.1) is 34.6 Å². The predicted molar refractivity (Wildman–Crippen MR) is 58.3 cm³/mol. The summed E-state index contributed by atoms with van der Waals surface area (Å²) in [6.45, 7) is 0. The highest BCUT2D eigenvalue weighted by Gasteiger charge is 2.98. The second-order valence-electron chi connectivity index (χ2n) is 5.43. The van der Waals surface area contributed by atoms with Crippen LogP contribution in [0.5, 0.6) is 0 Å². The van der Waals surface area contributed by atoms with Crippen LogP contribution >= 0.6 is 0 Å². The molecular formula is C8F17O10S-. The van der Waals surface area contributed by atoms with E-state index in [0.717, 1.165) is 24.7 Å². The van der Waals surface area contributed by atoms with Gasteiger partial charge in [-0.05, 0) is 31.7 Å². The van der Waals surface area contributed by atoms with E-state index in [1.807, 2.05) is 4.18 Å². The molecule has 7 unspecified atom stereocenters. The van der Waals surface area contributed by atoms with Crippen molar-refractivity contribution in [2.24, 2.45) is 0 Å². The molecule has 0 spiro atoms. The van der Waals surface area contributed by atoms with Crippen LogP contribution in [0.4, 0.5) is 75.6 Å². The van der Waals surface area contributed by atoms with Gasteiger partial charge in [0, 0.05) is 0 Å². The average molecular weight is 611 g/mol. The molecular weight excluding hydrogens is 611 g/mol. The fourth-order valence-electron chi connectivity index (χ4n) is 1.98. The van der Waals surface area contributed by atoms with Crippen LogP contribution in [-0.2, 0) is 50.1 Å². The van der Waals surface area contributed by atoms with Crippen molar-refractivity contribution >= 4 is 11.4 Å². The summed E-state index contributed by atoms with van der Waals surface area (Å²) < 4.78 is 249. The lowest BCUT2D eigenvalue weighted by atomic mass is 9.85. The molecule has 0 aromatic carbocycles. The van der Waals surface area contributed by atoms with Gasteiger partial charge in [-0.1, -0.05) is 0 Å². The van der Waals surface area contributed by atoms with Gasteiger partial charge in [0.1, 0.15) is 0 Å². The SMILES string of the molecule is O=S([O-])OC(F)(F)C(F)(OF)C(F)(OF)C(F)(OF)C(F)(OF)C(F)(OF)C(F)(OF)C(F)(F)OF. The Morgan fingerprint density at radius 1 is 0.417 bits per heavy atom. The van der Waals surface area contributed by atoms with Crippen LogP contribution in [0, 0.1) is 0 Å². The topological polar surface area (TPSA) is 114 Å². The summed E-state index contributed by atoms with van der Waals surface area (Å²) in [5.41, 5.74) is 0. The van der Waals surface area contributed by atoms with Gasteiger partial charge in [-0.25, -0.2) is 8.39 Å². The van der Waals surface area contributed by atoms with Gasteiger partial charge < -0.3 is 4.55 Å². The molecule has 0 radical (unpaired) electrons. The van der Waals surface area contributed by atoms with Crippen molar-refractivity contribution in [2.75, 3.05) is 0 Å². The Morgan fingerprint density at radius 3 is 0.833 bits per heavy atom. The van der Waals surface area contributed by atoms with Crippen LogP contribution in [0.15, 0.2) is 0 Å². The molecule has 218 valence electrons. The van der Waals surface area contributed by atoms with Gasteiger partial charge >= 0.3 is 47.3 Å². The van der Waals surface area contributed by atoms with Crippen molar-refractivity contribution in [3.8, 4) is 0 Å². The maximum atomic E-state index is 14.7. The van der Waals surface area contributed by atoms with Gasteiger partial charge in [-0.2, -0.15) is 43.9 Å². The van der Waals surface area contributed by atoms with E-state index in [1.54, 1.807) is 0 Å². The smallest absolute Gasteiger partial charge is 0.454 e. The Morgan fingerprint density at radius 2 is 0.639 bits per heavy atom. The van der Waals surface area contributed by atoms with Crippen LogP contribution in [-0.4, -0.2) is 56.1 Å². The van der Waals surface area contributed by atoms with E-state index < -0.39 is 58.7 Å². The van der Waals surface area contributed by atoms with E-state index in [4.69, 9.17) is 0 Å². The van der Waals surface area contributed by atoms with E-state index in [2.05, 4.69) is 0 Å².